The number of carbonyl (C=O) groups is 2. The van der Waals surface area contributed by atoms with Crippen molar-refractivity contribution in [1.29, 1.82) is 0 Å². The number of ether oxygens (including phenoxy) is 5. The topological polar surface area (TPSA) is 149 Å². The molecule has 0 fully saturated rings. The largest absolute Gasteiger partial charge is 0.493 e. The Morgan fingerprint density at radius 1 is 0.980 bits per heavy atom. The van der Waals surface area contributed by atoms with E-state index in [1.54, 1.807) is 44.4 Å². The second kappa shape index (κ2) is 16.2. The molecule has 0 bridgehead atoms. The van der Waals surface area contributed by atoms with Gasteiger partial charge in [-0.25, -0.2) is 9.59 Å². The Morgan fingerprint density at radius 2 is 1.76 bits per heavy atom. The minimum Gasteiger partial charge on any atom is -0.493 e. The summed E-state index contributed by atoms with van der Waals surface area (Å²) in [4.78, 5) is 24.7. The molecule has 5 rings (SSSR count). The number of benzene rings is 4. The van der Waals surface area contributed by atoms with Gasteiger partial charge in [0.15, 0.2) is 29.2 Å². The summed E-state index contributed by atoms with van der Waals surface area (Å²) in [5.74, 6) is 1.23. The predicted octanol–water partition coefficient (Wildman–Crippen LogP) is 5.71. The van der Waals surface area contributed by atoms with Crippen LogP contribution in [0.3, 0.4) is 0 Å². The Morgan fingerprint density at radius 3 is 2.51 bits per heavy atom. The Kier molecular flexibility index (Phi) is 11.6. The van der Waals surface area contributed by atoms with Crippen LogP contribution in [0.15, 0.2) is 93.6 Å². The maximum absolute atomic E-state index is 12.5. The van der Waals surface area contributed by atoms with Crippen molar-refractivity contribution in [2.45, 2.75) is 32.7 Å². The van der Waals surface area contributed by atoms with Gasteiger partial charge in [-0.05, 0) is 82.0 Å². The monoisotopic (exact) mass is 732 g/mol. The number of halogens is 1. The molecule has 0 unspecified atom stereocenters. The van der Waals surface area contributed by atoms with E-state index in [0.29, 0.717) is 57.5 Å². The lowest BCUT2D eigenvalue weighted by atomic mass is 9.95. The molecule has 0 saturated carbocycles. The number of urea groups is 1. The van der Waals surface area contributed by atoms with E-state index < -0.39 is 24.3 Å². The van der Waals surface area contributed by atoms with Gasteiger partial charge in [-0.15, -0.1) is 0 Å². The van der Waals surface area contributed by atoms with Crippen molar-refractivity contribution >= 4 is 44.9 Å². The summed E-state index contributed by atoms with van der Waals surface area (Å²) < 4.78 is 28.9. The van der Waals surface area contributed by atoms with Gasteiger partial charge in [0.05, 0.1) is 38.7 Å². The van der Waals surface area contributed by atoms with Crippen LogP contribution < -0.4 is 35.0 Å². The highest BCUT2D eigenvalue weighted by Crippen LogP contribution is 2.36. The van der Waals surface area contributed by atoms with Gasteiger partial charge in [0.2, 0.25) is 0 Å². The molecule has 0 radical (unpaired) electrons. The number of nitrogens with one attached hydrogen (secondary N) is 3. The van der Waals surface area contributed by atoms with Crippen molar-refractivity contribution in [3.63, 3.8) is 0 Å². The number of aliphatic hydroxyl groups excluding tert-OH is 1. The number of hydrogen-bond acceptors (Lipinski definition) is 10. The molecule has 4 aromatic rings. The highest BCUT2D eigenvalue weighted by Gasteiger charge is 2.32. The highest BCUT2D eigenvalue weighted by molar-refractivity contribution is 9.10. The fourth-order valence-electron chi connectivity index (χ4n) is 5.23. The molecule has 256 valence electrons. The fraction of sp³-hybridized carbons (Fsp3) is 0.250. The van der Waals surface area contributed by atoms with Crippen molar-refractivity contribution in [2.24, 2.45) is 5.10 Å². The SMILES string of the molecule is CCOc1cc([C@H]2NC(=O)NC(C)=C2C(=O)OC)ccc1OC[C@@H](O)N/N=C\c1cc(OC)c(OCc2ccc3ccccc3c2)cc1Br. The third-order valence-electron chi connectivity index (χ3n) is 7.59. The van der Waals surface area contributed by atoms with E-state index in [4.69, 9.17) is 23.7 Å². The van der Waals surface area contributed by atoms with Crippen LogP contribution in [0.5, 0.6) is 23.0 Å². The zero-order valence-corrected chi connectivity index (χ0v) is 29.0. The Balaban J connectivity index is 1.20. The number of hydrazone groups is 1. The maximum atomic E-state index is 12.5. The fourth-order valence-corrected chi connectivity index (χ4v) is 5.65. The number of aliphatic hydroxyl groups is 1. The van der Waals surface area contributed by atoms with Crippen molar-refractivity contribution < 1.29 is 38.4 Å². The summed E-state index contributed by atoms with van der Waals surface area (Å²) in [5, 5.41) is 22.4. The summed E-state index contributed by atoms with van der Waals surface area (Å²) in [6.07, 6.45) is 0.362. The first-order valence-electron chi connectivity index (χ1n) is 15.4. The third kappa shape index (κ3) is 8.61. The molecule has 0 spiro atoms. The van der Waals surface area contributed by atoms with E-state index in [2.05, 4.69) is 61.4 Å². The molecule has 4 N–H and O–H groups in total. The number of hydrogen-bond donors (Lipinski definition) is 4. The second-order valence-corrected chi connectivity index (χ2v) is 11.8. The summed E-state index contributed by atoms with van der Waals surface area (Å²) in [7, 11) is 2.84. The number of rotatable bonds is 14. The number of methoxy groups -OCH3 is 2. The van der Waals surface area contributed by atoms with Crippen LogP contribution in [0.1, 0.15) is 36.6 Å². The van der Waals surface area contributed by atoms with E-state index in [0.717, 1.165) is 10.9 Å². The molecular weight excluding hydrogens is 696 g/mol. The number of carbonyl (C=O) groups excluding carboxylic acids is 2. The van der Waals surface area contributed by atoms with Crippen molar-refractivity contribution in [3.05, 3.63) is 105 Å². The molecule has 49 heavy (non-hydrogen) atoms. The van der Waals surface area contributed by atoms with Gasteiger partial charge in [-0.2, -0.15) is 5.10 Å². The molecule has 2 atom stereocenters. The van der Waals surface area contributed by atoms with Crippen molar-refractivity contribution in [1.82, 2.24) is 16.1 Å². The normalized spacial score (nSPS) is 15.0. The first kappa shape index (κ1) is 35.0. The summed E-state index contributed by atoms with van der Waals surface area (Å²) in [5.41, 5.74) is 5.60. The smallest absolute Gasteiger partial charge is 0.337 e. The maximum Gasteiger partial charge on any atom is 0.337 e. The van der Waals surface area contributed by atoms with E-state index in [9.17, 15) is 14.7 Å². The van der Waals surface area contributed by atoms with E-state index >= 15 is 0 Å². The summed E-state index contributed by atoms with van der Waals surface area (Å²) in [6, 6.07) is 21.7. The standard InChI is InChI=1S/C36H37BrN4O8/c1-5-47-30-15-25(34-33(35(43)46-4)21(2)39-36(44)40-34)12-13-28(30)49-20-32(42)41-38-18-26-16-29(45-3)31(17-27(26)37)48-19-22-10-11-23-8-6-7-9-24(23)14-22/h6-18,32,34,41-42H,5,19-20H2,1-4H3,(H2,39,40,44)/b38-18-/t32-,34-/m1/s1. The molecule has 2 amide bonds. The zero-order valence-electron chi connectivity index (χ0n) is 27.4. The van der Waals surface area contributed by atoms with Crippen LogP contribution in [-0.2, 0) is 16.1 Å². The number of esters is 1. The Labute approximate surface area is 292 Å². The molecule has 0 saturated heterocycles. The average molecular weight is 734 g/mol. The molecule has 0 aliphatic carbocycles. The van der Waals surface area contributed by atoms with Crippen LogP contribution in [0.25, 0.3) is 10.8 Å². The molecule has 1 aliphatic heterocycles. The first-order chi connectivity index (χ1) is 23.7. The average Bonchev–Trinajstić information content (AvgIpc) is 3.10. The quantitative estimate of drug-likeness (QED) is 0.0554. The molecule has 1 aliphatic rings. The molecule has 1 heterocycles. The van der Waals surface area contributed by atoms with Gasteiger partial charge in [0, 0.05) is 15.7 Å². The summed E-state index contributed by atoms with van der Waals surface area (Å²) >= 11 is 3.57. The van der Waals surface area contributed by atoms with Gasteiger partial charge >= 0.3 is 12.0 Å². The van der Waals surface area contributed by atoms with Gasteiger partial charge in [0.1, 0.15) is 13.2 Å². The van der Waals surface area contributed by atoms with Crippen molar-refractivity contribution in [2.75, 3.05) is 27.4 Å². The van der Waals surface area contributed by atoms with Crippen molar-refractivity contribution in [3.8, 4) is 23.0 Å². The molecule has 13 heteroatoms. The number of amides is 2. The first-order valence-corrected chi connectivity index (χ1v) is 16.2. The molecule has 4 aromatic carbocycles. The van der Waals surface area contributed by atoms with E-state index in [1.165, 1.54) is 18.7 Å². The third-order valence-corrected chi connectivity index (χ3v) is 8.28. The van der Waals surface area contributed by atoms with E-state index in [1.807, 2.05) is 25.1 Å². The van der Waals surface area contributed by atoms with E-state index in [-0.39, 0.29) is 12.2 Å². The van der Waals surface area contributed by atoms with Crippen LogP contribution >= 0.6 is 15.9 Å². The minimum absolute atomic E-state index is 0.167. The minimum atomic E-state index is -1.17. The van der Waals surface area contributed by atoms with Crippen LogP contribution in [0.4, 0.5) is 4.79 Å². The molecule has 12 nitrogen and oxygen atoms in total. The second-order valence-electron chi connectivity index (χ2n) is 10.9. The lowest BCUT2D eigenvalue weighted by Gasteiger charge is -2.28. The predicted molar refractivity (Wildman–Crippen MR) is 188 cm³/mol. The number of nitrogens with zero attached hydrogens (tertiary/aromatic N) is 1. The lowest BCUT2D eigenvalue weighted by Crippen LogP contribution is -2.45. The van der Waals surface area contributed by atoms with Gasteiger partial charge in [0.25, 0.3) is 0 Å². The zero-order chi connectivity index (χ0) is 34.9. The number of fused-ring (bicyclic) bond motifs is 1. The Bertz CT molecular complexity index is 1900. The lowest BCUT2D eigenvalue weighted by molar-refractivity contribution is -0.136. The van der Waals surface area contributed by atoms with Gasteiger partial charge in [-0.3, -0.25) is 5.43 Å². The Hall–Kier alpha value is -5.27. The number of allylic oxidation sites excluding steroid dienone is 1. The van der Waals surface area contributed by atoms with Crippen LogP contribution in [0.2, 0.25) is 0 Å². The van der Waals surface area contributed by atoms with Crippen LogP contribution in [0, 0.1) is 0 Å². The molecular formula is C36H37BrN4O8. The summed E-state index contributed by atoms with van der Waals surface area (Å²) in [6.45, 7) is 3.97. The highest BCUT2D eigenvalue weighted by atomic mass is 79.9. The molecule has 0 aromatic heterocycles. The van der Waals surface area contributed by atoms with Crippen LogP contribution in [-0.4, -0.2) is 57.0 Å². The van der Waals surface area contributed by atoms with Gasteiger partial charge < -0.3 is 39.4 Å². The van der Waals surface area contributed by atoms with Gasteiger partial charge in [-0.1, -0.05) is 42.5 Å².